The van der Waals surface area contributed by atoms with Crippen molar-refractivity contribution < 1.29 is 9.18 Å². The van der Waals surface area contributed by atoms with Crippen molar-refractivity contribution in [2.75, 3.05) is 5.75 Å². The maximum absolute atomic E-state index is 13.0. The van der Waals surface area contributed by atoms with Crippen LogP contribution in [0.3, 0.4) is 0 Å². The largest absolute Gasteiger partial charge is 0.273 e. The van der Waals surface area contributed by atoms with Crippen LogP contribution in [0.1, 0.15) is 4.79 Å². The van der Waals surface area contributed by atoms with Crippen LogP contribution in [0.5, 0.6) is 0 Å². The summed E-state index contributed by atoms with van der Waals surface area (Å²) in [7, 11) is 0. The standard InChI is InChI=1S/C11H7FN2OS/c12-8-3-1-2-7(4-8)9-5-14-10(15)6-16-11(14)13-9/h1-5H,6H2. The highest BCUT2D eigenvalue weighted by atomic mass is 32.2. The molecule has 0 saturated carbocycles. The number of aromatic nitrogens is 2. The van der Waals surface area contributed by atoms with Crippen LogP contribution in [0.2, 0.25) is 0 Å². The van der Waals surface area contributed by atoms with E-state index in [0.29, 0.717) is 22.2 Å². The van der Waals surface area contributed by atoms with E-state index in [2.05, 4.69) is 4.98 Å². The molecule has 0 aliphatic carbocycles. The Morgan fingerprint density at radius 3 is 3.06 bits per heavy atom. The molecule has 1 aliphatic heterocycles. The second-order valence-corrected chi connectivity index (χ2v) is 4.41. The summed E-state index contributed by atoms with van der Waals surface area (Å²) in [6.07, 6.45) is 1.66. The molecule has 2 heterocycles. The summed E-state index contributed by atoms with van der Waals surface area (Å²) in [5.74, 6) is 0.158. The molecule has 2 aromatic rings. The van der Waals surface area contributed by atoms with Crippen LogP contribution in [-0.2, 0) is 0 Å². The molecule has 5 heteroatoms. The zero-order valence-electron chi connectivity index (χ0n) is 8.18. The summed E-state index contributed by atoms with van der Waals surface area (Å²) in [6, 6.07) is 6.20. The van der Waals surface area contributed by atoms with E-state index >= 15 is 0 Å². The van der Waals surface area contributed by atoms with Gasteiger partial charge in [0.05, 0.1) is 11.4 Å². The number of hydrogen-bond acceptors (Lipinski definition) is 3. The van der Waals surface area contributed by atoms with Crippen molar-refractivity contribution in [3.63, 3.8) is 0 Å². The van der Waals surface area contributed by atoms with Gasteiger partial charge in [0.2, 0.25) is 5.91 Å². The van der Waals surface area contributed by atoms with Crippen LogP contribution in [0.25, 0.3) is 11.3 Å². The Labute approximate surface area is 95.3 Å². The number of hydrogen-bond donors (Lipinski definition) is 0. The minimum Gasteiger partial charge on any atom is -0.273 e. The number of carbonyl (C=O) groups excluding carboxylic acids is 1. The SMILES string of the molecule is O=C1CSc2nc(-c3cccc(F)c3)cn21. The van der Waals surface area contributed by atoms with Crippen molar-refractivity contribution in [3.05, 3.63) is 36.3 Å². The van der Waals surface area contributed by atoms with Crippen LogP contribution in [0.4, 0.5) is 4.39 Å². The summed E-state index contributed by atoms with van der Waals surface area (Å²) in [4.78, 5) is 15.7. The molecule has 3 nitrogen and oxygen atoms in total. The van der Waals surface area contributed by atoms with Crippen LogP contribution in [-0.4, -0.2) is 21.2 Å². The smallest absolute Gasteiger partial charge is 0.243 e. The first-order valence-electron chi connectivity index (χ1n) is 4.75. The van der Waals surface area contributed by atoms with Crippen molar-refractivity contribution in [1.29, 1.82) is 0 Å². The average molecular weight is 234 g/mol. The van der Waals surface area contributed by atoms with Crippen molar-refractivity contribution in [3.8, 4) is 11.3 Å². The van der Waals surface area contributed by atoms with Gasteiger partial charge in [0, 0.05) is 11.8 Å². The van der Waals surface area contributed by atoms with E-state index in [1.54, 1.807) is 18.3 Å². The van der Waals surface area contributed by atoms with E-state index in [-0.39, 0.29) is 11.7 Å². The number of carbonyl (C=O) groups is 1. The summed E-state index contributed by atoms with van der Waals surface area (Å²) >= 11 is 1.40. The second kappa shape index (κ2) is 3.45. The molecule has 0 amide bonds. The Bertz CT molecular complexity index is 579. The molecule has 0 radical (unpaired) electrons. The molecule has 0 unspecified atom stereocenters. The van der Waals surface area contributed by atoms with Gasteiger partial charge in [0.15, 0.2) is 5.16 Å². The Morgan fingerprint density at radius 1 is 1.44 bits per heavy atom. The lowest BCUT2D eigenvalue weighted by molar-refractivity contribution is 0.0939. The molecule has 0 spiro atoms. The zero-order valence-corrected chi connectivity index (χ0v) is 9.00. The van der Waals surface area contributed by atoms with Crippen molar-refractivity contribution in [2.24, 2.45) is 0 Å². The molecule has 80 valence electrons. The van der Waals surface area contributed by atoms with Crippen LogP contribution >= 0.6 is 11.8 Å². The van der Waals surface area contributed by atoms with Crippen LogP contribution in [0, 0.1) is 5.82 Å². The molecule has 16 heavy (non-hydrogen) atoms. The molecule has 0 fully saturated rings. The number of rotatable bonds is 1. The maximum Gasteiger partial charge on any atom is 0.243 e. The lowest BCUT2D eigenvalue weighted by Gasteiger charge is -1.96. The molecule has 0 saturated heterocycles. The lowest BCUT2D eigenvalue weighted by atomic mass is 10.2. The number of imidazole rings is 1. The van der Waals surface area contributed by atoms with Gasteiger partial charge in [0.1, 0.15) is 5.82 Å². The van der Waals surface area contributed by atoms with Gasteiger partial charge >= 0.3 is 0 Å². The first-order chi connectivity index (χ1) is 7.74. The van der Waals surface area contributed by atoms with Crippen LogP contribution in [0.15, 0.2) is 35.6 Å². The van der Waals surface area contributed by atoms with E-state index in [4.69, 9.17) is 0 Å². The first kappa shape index (κ1) is 9.59. The van der Waals surface area contributed by atoms with Gasteiger partial charge in [-0.3, -0.25) is 9.36 Å². The molecular formula is C11H7FN2OS. The van der Waals surface area contributed by atoms with Gasteiger partial charge in [-0.05, 0) is 12.1 Å². The van der Waals surface area contributed by atoms with E-state index in [1.165, 1.54) is 28.5 Å². The highest BCUT2D eigenvalue weighted by Gasteiger charge is 2.22. The van der Waals surface area contributed by atoms with Crippen molar-refractivity contribution >= 4 is 17.7 Å². The van der Waals surface area contributed by atoms with Crippen LogP contribution < -0.4 is 0 Å². The van der Waals surface area contributed by atoms with Gasteiger partial charge in [0.25, 0.3) is 0 Å². The van der Waals surface area contributed by atoms with Gasteiger partial charge in [-0.15, -0.1) is 0 Å². The van der Waals surface area contributed by atoms with E-state index in [0.717, 1.165) is 0 Å². The van der Waals surface area contributed by atoms with Gasteiger partial charge < -0.3 is 0 Å². The molecule has 1 aromatic heterocycles. The third-order valence-electron chi connectivity index (χ3n) is 2.39. The summed E-state index contributed by atoms with van der Waals surface area (Å²) < 4.78 is 14.5. The Morgan fingerprint density at radius 2 is 2.31 bits per heavy atom. The predicted octanol–water partition coefficient (Wildman–Crippen LogP) is 2.44. The number of halogens is 1. The monoisotopic (exact) mass is 234 g/mol. The molecule has 1 aliphatic rings. The first-order valence-corrected chi connectivity index (χ1v) is 5.74. The molecule has 0 bridgehead atoms. The Kier molecular flexibility index (Phi) is 2.07. The lowest BCUT2D eigenvalue weighted by Crippen LogP contribution is -2.04. The Balaban J connectivity index is 2.08. The van der Waals surface area contributed by atoms with E-state index < -0.39 is 0 Å². The quantitative estimate of drug-likeness (QED) is 0.760. The highest BCUT2D eigenvalue weighted by molar-refractivity contribution is 8.00. The van der Waals surface area contributed by atoms with E-state index in [1.807, 2.05) is 0 Å². The highest BCUT2D eigenvalue weighted by Crippen LogP contribution is 2.28. The number of fused-ring (bicyclic) bond motifs is 1. The second-order valence-electron chi connectivity index (χ2n) is 3.47. The molecular weight excluding hydrogens is 227 g/mol. The molecule has 0 N–H and O–H groups in total. The molecule has 1 aromatic carbocycles. The predicted molar refractivity (Wildman–Crippen MR) is 59.0 cm³/mol. The summed E-state index contributed by atoms with van der Waals surface area (Å²) in [5, 5.41) is 0.685. The minimum atomic E-state index is -0.301. The fourth-order valence-electron chi connectivity index (χ4n) is 1.63. The van der Waals surface area contributed by atoms with Gasteiger partial charge in [-0.2, -0.15) is 0 Å². The normalized spacial score (nSPS) is 14.2. The fraction of sp³-hybridized carbons (Fsp3) is 0.0909. The van der Waals surface area contributed by atoms with Crippen molar-refractivity contribution in [1.82, 2.24) is 9.55 Å². The third-order valence-corrected chi connectivity index (χ3v) is 3.32. The topological polar surface area (TPSA) is 34.9 Å². The summed E-state index contributed by atoms with van der Waals surface area (Å²) in [5.41, 5.74) is 1.32. The average Bonchev–Trinajstić information content (AvgIpc) is 2.81. The zero-order chi connectivity index (χ0) is 11.1. The summed E-state index contributed by atoms with van der Waals surface area (Å²) in [6.45, 7) is 0. The molecule has 0 atom stereocenters. The van der Waals surface area contributed by atoms with Gasteiger partial charge in [-0.1, -0.05) is 23.9 Å². The van der Waals surface area contributed by atoms with E-state index in [9.17, 15) is 9.18 Å². The minimum absolute atomic E-state index is 0.0233. The fourth-order valence-corrected chi connectivity index (χ4v) is 2.47. The third kappa shape index (κ3) is 1.44. The Hall–Kier alpha value is -1.62. The number of thioether (sulfide) groups is 1. The maximum atomic E-state index is 13.0. The number of nitrogens with zero attached hydrogens (tertiary/aromatic N) is 2. The number of benzene rings is 1. The van der Waals surface area contributed by atoms with Crippen molar-refractivity contribution in [2.45, 2.75) is 5.16 Å². The van der Waals surface area contributed by atoms with Gasteiger partial charge in [-0.25, -0.2) is 9.37 Å². The molecule has 3 rings (SSSR count).